The number of nitrogens with one attached hydrogen (secondary N) is 1. The number of nitrogens with zero attached hydrogens (tertiary/aromatic N) is 2. The molecule has 0 atom stereocenters. The van der Waals surface area contributed by atoms with E-state index in [0.29, 0.717) is 12.1 Å². The van der Waals surface area contributed by atoms with E-state index in [0.717, 1.165) is 5.56 Å². The number of hydrogen-bond acceptors (Lipinski definition) is 4. The summed E-state index contributed by atoms with van der Waals surface area (Å²) < 4.78 is 18.0. The van der Waals surface area contributed by atoms with Crippen molar-refractivity contribution in [3.05, 3.63) is 89.6 Å². The Morgan fingerprint density at radius 2 is 1.74 bits per heavy atom. The summed E-state index contributed by atoms with van der Waals surface area (Å²) in [5, 5.41) is 6.31. The summed E-state index contributed by atoms with van der Waals surface area (Å²) in [6, 6.07) is 16.6. The monoisotopic (exact) mass is 367 g/mol. The highest BCUT2D eigenvalue weighted by Gasteiger charge is 2.22. The number of amides is 2. The Morgan fingerprint density at radius 3 is 2.41 bits per heavy atom. The second-order valence-electron chi connectivity index (χ2n) is 5.93. The van der Waals surface area contributed by atoms with E-state index in [1.54, 1.807) is 12.1 Å². The number of aromatic nitrogens is 1. The molecule has 27 heavy (non-hydrogen) atoms. The lowest BCUT2D eigenvalue weighted by Crippen LogP contribution is -2.40. The summed E-state index contributed by atoms with van der Waals surface area (Å²) in [6.45, 7) is 0.336. The minimum Gasteiger partial charge on any atom is -0.351 e. The first kappa shape index (κ1) is 18.3. The average molecular weight is 367 g/mol. The van der Waals surface area contributed by atoms with Gasteiger partial charge < -0.3 is 14.7 Å². The van der Waals surface area contributed by atoms with Gasteiger partial charge in [0.05, 0.1) is 6.20 Å². The Morgan fingerprint density at radius 1 is 1.00 bits per heavy atom. The Bertz CT molecular complexity index is 881. The van der Waals surface area contributed by atoms with Crippen molar-refractivity contribution in [2.45, 2.75) is 13.1 Å². The van der Waals surface area contributed by atoms with Crippen molar-refractivity contribution >= 4 is 11.8 Å². The van der Waals surface area contributed by atoms with E-state index in [2.05, 4.69) is 10.5 Å². The Labute approximate surface area is 155 Å². The summed E-state index contributed by atoms with van der Waals surface area (Å²) in [5.74, 6) is -1.11. The second-order valence-corrected chi connectivity index (χ2v) is 5.93. The fraction of sp³-hybridized carbons (Fsp3) is 0.150. The molecule has 138 valence electrons. The van der Waals surface area contributed by atoms with Crippen LogP contribution in [0.5, 0.6) is 0 Å². The van der Waals surface area contributed by atoms with Gasteiger partial charge in [0.1, 0.15) is 12.4 Å². The summed E-state index contributed by atoms with van der Waals surface area (Å²) in [6.07, 6.45) is 1.36. The molecule has 0 aliphatic heterocycles. The first-order valence-corrected chi connectivity index (χ1v) is 8.37. The van der Waals surface area contributed by atoms with Crippen molar-refractivity contribution in [1.29, 1.82) is 0 Å². The Kier molecular flexibility index (Phi) is 5.94. The predicted octanol–water partition coefficient (Wildman–Crippen LogP) is 2.77. The summed E-state index contributed by atoms with van der Waals surface area (Å²) in [4.78, 5) is 26.3. The third kappa shape index (κ3) is 5.24. The summed E-state index contributed by atoms with van der Waals surface area (Å²) >= 11 is 0. The number of rotatable bonds is 7. The van der Waals surface area contributed by atoms with Gasteiger partial charge in [0.25, 0.3) is 5.91 Å². The van der Waals surface area contributed by atoms with Crippen LogP contribution in [0, 0.1) is 5.82 Å². The van der Waals surface area contributed by atoms with Crippen molar-refractivity contribution in [2.24, 2.45) is 0 Å². The van der Waals surface area contributed by atoms with E-state index in [9.17, 15) is 14.0 Å². The highest BCUT2D eigenvalue weighted by atomic mass is 19.1. The van der Waals surface area contributed by atoms with Crippen LogP contribution < -0.4 is 5.32 Å². The van der Waals surface area contributed by atoms with Gasteiger partial charge in [-0.05, 0) is 23.3 Å². The van der Waals surface area contributed by atoms with E-state index in [-0.39, 0.29) is 30.6 Å². The number of carbonyl (C=O) groups is 2. The van der Waals surface area contributed by atoms with Crippen LogP contribution in [0.2, 0.25) is 0 Å². The molecule has 0 unspecified atom stereocenters. The number of carbonyl (C=O) groups excluding carboxylic acids is 2. The molecule has 3 rings (SSSR count). The molecule has 0 aliphatic carbocycles. The molecule has 0 aliphatic rings. The highest BCUT2D eigenvalue weighted by Crippen LogP contribution is 2.11. The molecule has 2 aromatic carbocycles. The third-order valence-corrected chi connectivity index (χ3v) is 3.89. The van der Waals surface area contributed by atoms with Gasteiger partial charge >= 0.3 is 0 Å². The predicted molar refractivity (Wildman–Crippen MR) is 95.9 cm³/mol. The molecule has 0 saturated carbocycles. The lowest BCUT2D eigenvalue weighted by molar-refractivity contribution is -0.122. The zero-order valence-corrected chi connectivity index (χ0v) is 14.5. The van der Waals surface area contributed by atoms with Crippen molar-refractivity contribution in [2.75, 3.05) is 6.54 Å². The van der Waals surface area contributed by atoms with Gasteiger partial charge in [-0.2, -0.15) is 0 Å². The molecule has 1 aromatic heterocycles. The van der Waals surface area contributed by atoms with Gasteiger partial charge in [0, 0.05) is 19.2 Å². The lowest BCUT2D eigenvalue weighted by Gasteiger charge is -2.21. The SMILES string of the molecule is O=C(CN(Cc1ccc(F)cc1)C(=O)c1ccno1)NCc1ccccc1. The van der Waals surface area contributed by atoms with Crippen LogP contribution in [-0.2, 0) is 17.9 Å². The van der Waals surface area contributed by atoms with Crippen LogP contribution in [0.15, 0.2) is 71.4 Å². The molecule has 1 N–H and O–H groups in total. The van der Waals surface area contributed by atoms with E-state index in [4.69, 9.17) is 4.52 Å². The maximum atomic E-state index is 13.1. The fourth-order valence-corrected chi connectivity index (χ4v) is 2.52. The van der Waals surface area contributed by atoms with Crippen molar-refractivity contribution in [1.82, 2.24) is 15.4 Å². The molecule has 0 fully saturated rings. The van der Waals surface area contributed by atoms with E-state index < -0.39 is 5.91 Å². The molecular weight excluding hydrogens is 349 g/mol. The lowest BCUT2D eigenvalue weighted by atomic mass is 10.2. The van der Waals surface area contributed by atoms with Crippen molar-refractivity contribution < 1.29 is 18.5 Å². The van der Waals surface area contributed by atoms with Crippen molar-refractivity contribution in [3.63, 3.8) is 0 Å². The van der Waals surface area contributed by atoms with Crippen LogP contribution in [0.4, 0.5) is 4.39 Å². The van der Waals surface area contributed by atoms with Crippen LogP contribution in [-0.4, -0.2) is 28.4 Å². The zero-order valence-electron chi connectivity index (χ0n) is 14.5. The maximum absolute atomic E-state index is 13.1. The molecule has 7 heteroatoms. The molecule has 2 amide bonds. The van der Waals surface area contributed by atoms with E-state index >= 15 is 0 Å². The van der Waals surface area contributed by atoms with Crippen LogP contribution >= 0.6 is 0 Å². The first-order valence-electron chi connectivity index (χ1n) is 8.37. The van der Waals surface area contributed by atoms with Crippen LogP contribution in [0.3, 0.4) is 0 Å². The fourth-order valence-electron chi connectivity index (χ4n) is 2.52. The molecule has 6 nitrogen and oxygen atoms in total. The summed E-state index contributed by atoms with van der Waals surface area (Å²) in [5.41, 5.74) is 1.65. The largest absolute Gasteiger partial charge is 0.351 e. The average Bonchev–Trinajstić information content (AvgIpc) is 3.22. The third-order valence-electron chi connectivity index (χ3n) is 3.89. The normalized spacial score (nSPS) is 10.4. The Balaban J connectivity index is 1.67. The second kappa shape index (κ2) is 8.75. The van der Waals surface area contributed by atoms with Crippen LogP contribution in [0.1, 0.15) is 21.7 Å². The molecule has 0 saturated heterocycles. The van der Waals surface area contributed by atoms with Gasteiger partial charge in [-0.25, -0.2) is 4.39 Å². The summed E-state index contributed by atoms with van der Waals surface area (Å²) in [7, 11) is 0. The molecule has 0 radical (unpaired) electrons. The number of halogens is 1. The van der Waals surface area contributed by atoms with Gasteiger partial charge in [0.15, 0.2) is 0 Å². The van der Waals surface area contributed by atoms with Gasteiger partial charge in [-0.1, -0.05) is 47.6 Å². The van der Waals surface area contributed by atoms with Gasteiger partial charge in [-0.3, -0.25) is 9.59 Å². The smallest absolute Gasteiger partial charge is 0.293 e. The molecular formula is C20H18FN3O3. The first-order chi connectivity index (χ1) is 13.1. The highest BCUT2D eigenvalue weighted by molar-refractivity contribution is 5.94. The minimum absolute atomic E-state index is 0.0352. The van der Waals surface area contributed by atoms with Gasteiger partial charge in [0.2, 0.25) is 11.7 Å². The number of hydrogen-bond donors (Lipinski definition) is 1. The molecule has 0 spiro atoms. The maximum Gasteiger partial charge on any atom is 0.293 e. The molecule has 0 bridgehead atoms. The quantitative estimate of drug-likeness (QED) is 0.697. The van der Waals surface area contributed by atoms with Crippen molar-refractivity contribution in [3.8, 4) is 0 Å². The van der Waals surface area contributed by atoms with Gasteiger partial charge in [-0.15, -0.1) is 0 Å². The Hall–Kier alpha value is -3.48. The zero-order chi connectivity index (χ0) is 19.1. The topological polar surface area (TPSA) is 75.4 Å². The number of benzene rings is 2. The molecule has 1 heterocycles. The van der Waals surface area contributed by atoms with Crippen LogP contribution in [0.25, 0.3) is 0 Å². The molecule has 3 aromatic rings. The minimum atomic E-state index is -0.466. The van der Waals surface area contributed by atoms with E-state index in [1.807, 2.05) is 30.3 Å². The van der Waals surface area contributed by atoms with E-state index in [1.165, 1.54) is 29.3 Å². The standard InChI is InChI=1S/C20H18FN3O3/c21-17-8-6-16(7-9-17)13-24(20(26)18-10-11-23-27-18)14-19(25)22-12-15-4-2-1-3-5-15/h1-11H,12-14H2,(H,22,25).